The number of nitrogens with one attached hydrogen (secondary N) is 2. The highest BCUT2D eigenvalue weighted by atomic mass is 32.2. The van der Waals surface area contributed by atoms with Gasteiger partial charge in [0.25, 0.3) is 5.91 Å². The van der Waals surface area contributed by atoms with Crippen LogP contribution in [0.3, 0.4) is 0 Å². The van der Waals surface area contributed by atoms with E-state index in [-0.39, 0.29) is 5.91 Å². The van der Waals surface area contributed by atoms with Crippen LogP contribution in [0.1, 0.15) is 12.5 Å². The Morgan fingerprint density at radius 2 is 2.16 bits per heavy atom. The number of carbonyl (C=O) groups is 1. The molecule has 104 valence electrons. The topological polar surface area (TPSA) is 84.5 Å². The highest BCUT2D eigenvalue weighted by Crippen LogP contribution is 2.30. The Balaban J connectivity index is 2.05. The molecule has 1 aliphatic heterocycles. The summed E-state index contributed by atoms with van der Waals surface area (Å²) in [4.78, 5) is 11.5. The molecule has 1 aromatic rings. The molecule has 0 bridgehead atoms. The number of ether oxygens (including phenoxy) is 1. The second-order valence-electron chi connectivity index (χ2n) is 4.50. The predicted octanol–water partition coefficient (Wildman–Crippen LogP) is 0.498. The van der Waals surface area contributed by atoms with Crippen molar-refractivity contribution in [3.63, 3.8) is 0 Å². The molecule has 1 atom stereocenters. The summed E-state index contributed by atoms with van der Waals surface area (Å²) in [5.74, 6) is 0.450. The molecule has 1 aromatic carbocycles. The van der Waals surface area contributed by atoms with Gasteiger partial charge >= 0.3 is 0 Å². The van der Waals surface area contributed by atoms with Crippen LogP contribution in [-0.4, -0.2) is 33.2 Å². The molecule has 0 radical (unpaired) electrons. The minimum atomic E-state index is -3.17. The van der Waals surface area contributed by atoms with Crippen LogP contribution in [0.5, 0.6) is 5.75 Å². The van der Waals surface area contributed by atoms with Crippen LogP contribution in [0, 0.1) is 0 Å². The van der Waals surface area contributed by atoms with Gasteiger partial charge in [-0.1, -0.05) is 6.07 Å². The molecular weight excluding hydrogens is 268 g/mol. The number of fused-ring (bicyclic) bond motifs is 1. The van der Waals surface area contributed by atoms with Gasteiger partial charge < -0.3 is 10.1 Å². The molecule has 0 spiro atoms. The number of amides is 1. The van der Waals surface area contributed by atoms with Crippen LogP contribution >= 0.6 is 0 Å². The lowest BCUT2D eigenvalue weighted by Gasteiger charge is -2.23. The first-order valence-corrected chi connectivity index (χ1v) is 7.79. The summed E-state index contributed by atoms with van der Waals surface area (Å²) in [6.07, 6.45) is 1.17. The van der Waals surface area contributed by atoms with Crippen molar-refractivity contribution in [2.45, 2.75) is 19.4 Å². The van der Waals surface area contributed by atoms with E-state index >= 15 is 0 Å². The summed E-state index contributed by atoms with van der Waals surface area (Å²) in [5, 5.41) is 2.75. The van der Waals surface area contributed by atoms with Gasteiger partial charge in [-0.3, -0.25) is 4.79 Å². The average Bonchev–Trinajstić information content (AvgIpc) is 2.29. The van der Waals surface area contributed by atoms with E-state index in [2.05, 4.69) is 10.0 Å². The second kappa shape index (κ2) is 5.18. The lowest BCUT2D eigenvalue weighted by Crippen LogP contribution is -2.34. The van der Waals surface area contributed by atoms with E-state index in [4.69, 9.17) is 4.74 Å². The van der Waals surface area contributed by atoms with Crippen molar-refractivity contribution >= 4 is 21.6 Å². The number of hydrogen-bond acceptors (Lipinski definition) is 4. The van der Waals surface area contributed by atoms with Gasteiger partial charge in [0.2, 0.25) is 10.0 Å². The molecule has 1 aliphatic rings. The van der Waals surface area contributed by atoms with Crippen molar-refractivity contribution in [2.75, 3.05) is 18.1 Å². The quantitative estimate of drug-likeness (QED) is 0.843. The Morgan fingerprint density at radius 1 is 1.42 bits per heavy atom. The van der Waals surface area contributed by atoms with Gasteiger partial charge in [-0.25, -0.2) is 13.1 Å². The number of carbonyl (C=O) groups excluding carboxylic acids is 1. The molecule has 0 aromatic heterocycles. The number of rotatable bonds is 4. The molecule has 7 heteroatoms. The Labute approximate surface area is 112 Å². The molecule has 0 fully saturated rings. The summed E-state index contributed by atoms with van der Waals surface area (Å²) in [7, 11) is -3.17. The molecular formula is C12H16N2O4S. The molecule has 0 saturated carbocycles. The van der Waals surface area contributed by atoms with Crippen LogP contribution in [0.25, 0.3) is 0 Å². The van der Waals surface area contributed by atoms with Crippen LogP contribution < -0.4 is 14.8 Å². The van der Waals surface area contributed by atoms with Crippen molar-refractivity contribution in [3.8, 4) is 5.75 Å². The average molecular weight is 284 g/mol. The maximum atomic E-state index is 11.5. The fourth-order valence-corrected chi connectivity index (χ4v) is 2.27. The van der Waals surface area contributed by atoms with Crippen LogP contribution in [0.2, 0.25) is 0 Å². The first-order chi connectivity index (χ1) is 8.85. The molecule has 1 unspecified atom stereocenters. The van der Waals surface area contributed by atoms with Crippen molar-refractivity contribution in [3.05, 3.63) is 23.8 Å². The first-order valence-electron chi connectivity index (χ1n) is 5.90. The van der Waals surface area contributed by atoms with E-state index < -0.39 is 16.1 Å². The van der Waals surface area contributed by atoms with Crippen molar-refractivity contribution in [1.82, 2.24) is 4.72 Å². The van der Waals surface area contributed by atoms with Crippen LogP contribution in [0.15, 0.2) is 18.2 Å². The first kappa shape index (κ1) is 13.8. The molecule has 0 aliphatic carbocycles. The van der Waals surface area contributed by atoms with Gasteiger partial charge in [0.05, 0.1) is 11.9 Å². The molecule has 1 heterocycles. The predicted molar refractivity (Wildman–Crippen MR) is 71.7 cm³/mol. The summed E-state index contributed by atoms with van der Waals surface area (Å²) < 4.78 is 29.7. The molecule has 2 N–H and O–H groups in total. The fourth-order valence-electron chi connectivity index (χ4n) is 1.79. The van der Waals surface area contributed by atoms with Gasteiger partial charge in [0.15, 0.2) is 6.10 Å². The maximum Gasteiger partial charge on any atom is 0.265 e. The van der Waals surface area contributed by atoms with Gasteiger partial charge in [-0.05, 0) is 31.0 Å². The zero-order valence-electron chi connectivity index (χ0n) is 10.8. The van der Waals surface area contributed by atoms with Crippen LogP contribution in [0.4, 0.5) is 5.69 Å². The smallest absolute Gasteiger partial charge is 0.265 e. The summed E-state index contributed by atoms with van der Waals surface area (Å²) in [6, 6.07) is 5.43. The van der Waals surface area contributed by atoms with E-state index in [1.54, 1.807) is 19.1 Å². The second-order valence-corrected chi connectivity index (χ2v) is 6.33. The Bertz CT molecular complexity index is 598. The highest BCUT2D eigenvalue weighted by Gasteiger charge is 2.23. The third kappa shape index (κ3) is 3.68. The van der Waals surface area contributed by atoms with E-state index in [9.17, 15) is 13.2 Å². The van der Waals surface area contributed by atoms with Gasteiger partial charge in [-0.2, -0.15) is 0 Å². The maximum absolute atomic E-state index is 11.5. The number of hydrogen-bond donors (Lipinski definition) is 2. The molecule has 6 nitrogen and oxygen atoms in total. The monoisotopic (exact) mass is 284 g/mol. The standard InChI is InChI=1S/C12H16N2O4S/c1-8-12(15)14-10-7-9(3-4-11(10)18-8)5-6-13-19(2,16)17/h3-4,7-8,13H,5-6H2,1-2H3,(H,14,15). The minimum absolute atomic E-state index is 0.182. The minimum Gasteiger partial charge on any atom is -0.479 e. The summed E-state index contributed by atoms with van der Waals surface area (Å²) >= 11 is 0. The lowest BCUT2D eigenvalue weighted by atomic mass is 10.1. The zero-order chi connectivity index (χ0) is 14.0. The fraction of sp³-hybridized carbons (Fsp3) is 0.417. The highest BCUT2D eigenvalue weighted by molar-refractivity contribution is 7.88. The van der Waals surface area contributed by atoms with Crippen LogP contribution in [-0.2, 0) is 21.2 Å². The number of sulfonamides is 1. The van der Waals surface area contributed by atoms with E-state index in [0.717, 1.165) is 11.8 Å². The third-order valence-electron chi connectivity index (χ3n) is 2.75. The number of anilines is 1. The Hall–Kier alpha value is -1.60. The van der Waals surface area contributed by atoms with Gasteiger partial charge in [0, 0.05) is 6.54 Å². The SMILES string of the molecule is CC1Oc2ccc(CCNS(C)(=O)=O)cc2NC1=O. The van der Waals surface area contributed by atoms with Crippen molar-refractivity contribution in [1.29, 1.82) is 0 Å². The molecule has 1 amide bonds. The number of benzene rings is 1. The zero-order valence-corrected chi connectivity index (χ0v) is 11.6. The molecule has 19 heavy (non-hydrogen) atoms. The Kier molecular flexibility index (Phi) is 3.77. The van der Waals surface area contributed by atoms with Gasteiger partial charge in [-0.15, -0.1) is 0 Å². The lowest BCUT2D eigenvalue weighted by molar-refractivity contribution is -0.122. The largest absolute Gasteiger partial charge is 0.479 e. The van der Waals surface area contributed by atoms with E-state index in [1.807, 2.05) is 6.07 Å². The van der Waals surface area contributed by atoms with E-state index in [1.165, 1.54) is 0 Å². The molecule has 2 rings (SSSR count). The Morgan fingerprint density at radius 3 is 2.84 bits per heavy atom. The summed E-state index contributed by atoms with van der Waals surface area (Å²) in [5.41, 5.74) is 1.55. The van der Waals surface area contributed by atoms with Gasteiger partial charge in [0.1, 0.15) is 5.75 Å². The van der Waals surface area contributed by atoms with E-state index in [0.29, 0.717) is 24.4 Å². The van der Waals surface area contributed by atoms with Crippen molar-refractivity contribution < 1.29 is 17.9 Å². The summed E-state index contributed by atoms with van der Waals surface area (Å²) in [6.45, 7) is 2.00. The van der Waals surface area contributed by atoms with Crippen molar-refractivity contribution in [2.24, 2.45) is 0 Å². The third-order valence-corrected chi connectivity index (χ3v) is 3.48. The molecule has 0 saturated heterocycles. The normalized spacial score (nSPS) is 18.4.